The van der Waals surface area contributed by atoms with Crippen molar-refractivity contribution in [2.75, 3.05) is 0 Å². The van der Waals surface area contributed by atoms with Gasteiger partial charge < -0.3 is 14.2 Å². The van der Waals surface area contributed by atoms with Crippen molar-refractivity contribution in [2.24, 2.45) is 29.6 Å². The summed E-state index contributed by atoms with van der Waals surface area (Å²) in [6.45, 7) is 8.78. The Labute approximate surface area is 139 Å². The van der Waals surface area contributed by atoms with Gasteiger partial charge in [-0.1, -0.05) is 27.2 Å². The van der Waals surface area contributed by atoms with Crippen LogP contribution < -0.4 is 0 Å². The second-order valence-corrected chi connectivity index (χ2v) is 8.86. The highest BCUT2D eigenvalue weighted by Crippen LogP contribution is 2.63. The molecule has 130 valence electrons. The fourth-order valence-corrected chi connectivity index (χ4v) is 5.71. The fourth-order valence-electron chi connectivity index (χ4n) is 5.71. The molecule has 1 aliphatic carbocycles. The van der Waals surface area contributed by atoms with E-state index in [0.29, 0.717) is 17.8 Å². The van der Waals surface area contributed by atoms with Gasteiger partial charge in [-0.3, -0.25) is 4.79 Å². The Balaban J connectivity index is 1.70. The van der Waals surface area contributed by atoms with Gasteiger partial charge in [-0.15, -0.1) is 0 Å². The van der Waals surface area contributed by atoms with Gasteiger partial charge in [0.15, 0.2) is 5.79 Å². The largest absolute Gasteiger partial charge is 0.432 e. The second kappa shape index (κ2) is 5.19. The summed E-state index contributed by atoms with van der Waals surface area (Å²) in [6.07, 6.45) is 5.77. The van der Waals surface area contributed by atoms with E-state index in [1.165, 1.54) is 6.42 Å². The van der Waals surface area contributed by atoms with Crippen molar-refractivity contribution in [1.82, 2.24) is 0 Å². The first-order valence-electron chi connectivity index (χ1n) is 9.44. The molecular weight excluding hydrogens is 292 g/mol. The number of ether oxygens (including phenoxy) is 3. The van der Waals surface area contributed by atoms with Crippen LogP contribution in [0.15, 0.2) is 0 Å². The Hall–Kier alpha value is -0.610. The summed E-state index contributed by atoms with van der Waals surface area (Å²) in [5.41, 5.74) is -0.389. The molecule has 3 aliphatic heterocycles. The minimum absolute atomic E-state index is 0.0206. The normalized spacial score (nSPS) is 51.5. The van der Waals surface area contributed by atoms with Gasteiger partial charge in [0.1, 0.15) is 5.60 Å². The van der Waals surface area contributed by atoms with Crippen LogP contribution in [0, 0.1) is 29.6 Å². The van der Waals surface area contributed by atoms with E-state index < -0.39 is 12.1 Å². The lowest BCUT2D eigenvalue weighted by Crippen LogP contribution is -2.65. The maximum Gasteiger partial charge on any atom is 0.311 e. The summed E-state index contributed by atoms with van der Waals surface area (Å²) in [5.74, 6) is 1.29. The Kier molecular flexibility index (Phi) is 3.59. The Morgan fingerprint density at radius 3 is 2.74 bits per heavy atom. The lowest BCUT2D eigenvalue weighted by molar-refractivity contribution is -0.265. The van der Waals surface area contributed by atoms with Crippen LogP contribution >= 0.6 is 0 Å². The van der Waals surface area contributed by atoms with Crippen LogP contribution in [0.4, 0.5) is 0 Å². The molecule has 4 fully saturated rings. The topological polar surface area (TPSA) is 44.8 Å². The SMILES string of the molecule is CC(C)CCC1C(=O)OC2OC3(C)CCC4C(C)CCC1C24O3. The number of esters is 1. The molecule has 3 saturated heterocycles. The van der Waals surface area contributed by atoms with E-state index in [1.54, 1.807) is 0 Å². The summed E-state index contributed by atoms with van der Waals surface area (Å²) >= 11 is 0. The summed E-state index contributed by atoms with van der Waals surface area (Å²) < 4.78 is 18.6. The van der Waals surface area contributed by atoms with Crippen LogP contribution in [0.1, 0.15) is 66.2 Å². The molecule has 0 aromatic carbocycles. The minimum atomic E-state index is -0.566. The van der Waals surface area contributed by atoms with E-state index in [-0.39, 0.29) is 23.4 Å². The molecule has 0 N–H and O–H groups in total. The van der Waals surface area contributed by atoms with Crippen molar-refractivity contribution in [3.8, 4) is 0 Å². The van der Waals surface area contributed by atoms with Crippen molar-refractivity contribution < 1.29 is 19.0 Å². The molecule has 0 radical (unpaired) electrons. The highest BCUT2D eigenvalue weighted by molar-refractivity contribution is 5.74. The van der Waals surface area contributed by atoms with Gasteiger partial charge in [0.05, 0.1) is 5.92 Å². The first-order valence-corrected chi connectivity index (χ1v) is 9.44. The highest BCUT2D eigenvalue weighted by Gasteiger charge is 2.72. The van der Waals surface area contributed by atoms with E-state index in [0.717, 1.165) is 32.1 Å². The second-order valence-electron chi connectivity index (χ2n) is 8.86. The van der Waals surface area contributed by atoms with Crippen molar-refractivity contribution in [3.63, 3.8) is 0 Å². The molecule has 0 amide bonds. The molecule has 0 aromatic heterocycles. The van der Waals surface area contributed by atoms with Crippen LogP contribution in [0.3, 0.4) is 0 Å². The van der Waals surface area contributed by atoms with Crippen LogP contribution in [0.25, 0.3) is 0 Å². The van der Waals surface area contributed by atoms with Crippen molar-refractivity contribution in [3.05, 3.63) is 0 Å². The smallest absolute Gasteiger partial charge is 0.311 e. The van der Waals surface area contributed by atoms with Crippen LogP contribution in [0.5, 0.6) is 0 Å². The lowest BCUT2D eigenvalue weighted by atomic mass is 9.56. The summed E-state index contributed by atoms with van der Waals surface area (Å²) in [6, 6.07) is 0. The number of fused-ring (bicyclic) bond motifs is 1. The third-order valence-electron chi connectivity index (χ3n) is 6.87. The molecule has 1 saturated carbocycles. The molecule has 1 spiro atoms. The van der Waals surface area contributed by atoms with Crippen LogP contribution in [-0.2, 0) is 19.0 Å². The summed E-state index contributed by atoms with van der Waals surface area (Å²) in [5, 5.41) is 0. The van der Waals surface area contributed by atoms with Gasteiger partial charge in [0, 0.05) is 12.3 Å². The number of carbonyl (C=O) groups is 1. The number of hydrogen-bond acceptors (Lipinski definition) is 4. The van der Waals surface area contributed by atoms with Gasteiger partial charge in [-0.05, 0) is 50.4 Å². The van der Waals surface area contributed by atoms with Gasteiger partial charge in [0.2, 0.25) is 6.29 Å². The standard InChI is InChI=1S/C19H30O4/c1-11(2)5-7-13-15-8-6-12(3)14-9-10-18(4)22-17(21-16(13)20)19(14,15)23-18/h11-15,17H,5-10H2,1-4H3. The summed E-state index contributed by atoms with van der Waals surface area (Å²) in [4.78, 5) is 12.7. The molecule has 23 heavy (non-hydrogen) atoms. The molecule has 7 atom stereocenters. The van der Waals surface area contributed by atoms with E-state index >= 15 is 0 Å². The molecule has 7 unspecified atom stereocenters. The first kappa shape index (κ1) is 15.9. The number of hydrogen-bond donors (Lipinski definition) is 0. The Morgan fingerprint density at radius 2 is 2.00 bits per heavy atom. The zero-order valence-corrected chi connectivity index (χ0v) is 14.8. The van der Waals surface area contributed by atoms with E-state index in [9.17, 15) is 4.79 Å². The molecule has 4 nitrogen and oxygen atoms in total. The van der Waals surface area contributed by atoms with Crippen molar-refractivity contribution in [1.29, 1.82) is 0 Å². The van der Waals surface area contributed by atoms with Gasteiger partial charge in [-0.25, -0.2) is 0 Å². The van der Waals surface area contributed by atoms with Crippen molar-refractivity contribution >= 4 is 5.97 Å². The quantitative estimate of drug-likeness (QED) is 0.740. The molecule has 4 rings (SSSR count). The van der Waals surface area contributed by atoms with Gasteiger partial charge >= 0.3 is 5.97 Å². The van der Waals surface area contributed by atoms with Gasteiger partial charge in [-0.2, -0.15) is 0 Å². The predicted molar refractivity (Wildman–Crippen MR) is 85.4 cm³/mol. The monoisotopic (exact) mass is 322 g/mol. The average molecular weight is 322 g/mol. The molecule has 2 bridgehead atoms. The average Bonchev–Trinajstić information content (AvgIpc) is 2.69. The molecule has 0 aromatic rings. The van der Waals surface area contributed by atoms with Gasteiger partial charge in [0.25, 0.3) is 0 Å². The van der Waals surface area contributed by atoms with Crippen LogP contribution in [0.2, 0.25) is 0 Å². The van der Waals surface area contributed by atoms with Crippen LogP contribution in [-0.4, -0.2) is 23.6 Å². The number of rotatable bonds is 3. The predicted octanol–water partition coefficient (Wildman–Crippen LogP) is 3.88. The summed E-state index contributed by atoms with van der Waals surface area (Å²) in [7, 11) is 0. The fraction of sp³-hybridized carbons (Fsp3) is 0.947. The maximum absolute atomic E-state index is 12.7. The molecular formula is C19H30O4. The third-order valence-corrected chi connectivity index (χ3v) is 6.87. The highest BCUT2D eigenvalue weighted by atomic mass is 16.8. The first-order chi connectivity index (χ1) is 10.9. The lowest BCUT2D eigenvalue weighted by Gasteiger charge is -2.56. The van der Waals surface area contributed by atoms with Crippen molar-refractivity contribution in [2.45, 2.75) is 83.9 Å². The van der Waals surface area contributed by atoms with E-state index in [1.807, 2.05) is 6.92 Å². The van der Waals surface area contributed by atoms with E-state index in [4.69, 9.17) is 14.2 Å². The maximum atomic E-state index is 12.7. The minimum Gasteiger partial charge on any atom is -0.432 e. The number of carbonyl (C=O) groups excluding carboxylic acids is 1. The molecule has 4 heteroatoms. The zero-order chi connectivity index (χ0) is 16.4. The van der Waals surface area contributed by atoms with E-state index in [2.05, 4.69) is 20.8 Å². The molecule has 3 heterocycles. The zero-order valence-electron chi connectivity index (χ0n) is 14.8. The Morgan fingerprint density at radius 1 is 1.22 bits per heavy atom. The third kappa shape index (κ3) is 2.21. The Bertz CT molecular complexity index is 504. The molecule has 4 aliphatic rings.